The molecule has 2 saturated heterocycles. The van der Waals surface area contributed by atoms with Gasteiger partial charge in [-0.05, 0) is 60.9 Å². The van der Waals surface area contributed by atoms with Crippen molar-refractivity contribution in [3.8, 4) is 0 Å². The van der Waals surface area contributed by atoms with Gasteiger partial charge in [0.1, 0.15) is 27.6 Å². The Morgan fingerprint density at radius 2 is 2.05 bits per heavy atom. The zero-order chi connectivity index (χ0) is 29.7. The van der Waals surface area contributed by atoms with E-state index in [1.165, 1.54) is 6.26 Å². The molecule has 2 aliphatic heterocycles. The van der Waals surface area contributed by atoms with Crippen molar-refractivity contribution in [2.24, 2.45) is 10.9 Å². The number of piperidine rings is 1. The van der Waals surface area contributed by atoms with E-state index in [-0.39, 0.29) is 37.3 Å². The molecule has 2 fully saturated rings. The first-order valence-corrected chi connectivity index (χ1v) is 16.0. The van der Waals surface area contributed by atoms with Gasteiger partial charge in [0.25, 0.3) is 0 Å². The lowest BCUT2D eigenvalue weighted by Gasteiger charge is -2.42. The summed E-state index contributed by atoms with van der Waals surface area (Å²) in [5.41, 5.74) is 4.34. The third kappa shape index (κ3) is 7.81. The van der Waals surface area contributed by atoms with Crippen LogP contribution < -0.4 is 15.1 Å². The predicted octanol–water partition coefficient (Wildman–Crippen LogP) is 3.43. The molecule has 12 heteroatoms. The number of nitrogens with zero attached hydrogens (tertiary/aromatic N) is 5. The van der Waals surface area contributed by atoms with E-state index in [9.17, 15) is 12.8 Å². The summed E-state index contributed by atoms with van der Waals surface area (Å²) in [5.74, 6) is 2.03. The average molecular weight is 589 g/mol. The lowest BCUT2D eigenvalue weighted by atomic mass is 9.90. The third-order valence-corrected chi connectivity index (χ3v) is 8.59. The van der Waals surface area contributed by atoms with E-state index >= 15 is 0 Å². The Labute approximate surface area is 242 Å². The maximum Gasteiger partial charge on any atom is 0.227 e. The standard InChI is InChI=1S/C29H41FN6O4S/c1-19(2)22-6-7-25(36-15-21(16-36)18-41(5,38)39)20(3)23(22)14-28(31-4)33-27-8-10-32-29(34-27)35-11-9-26(24(30)17-35)40-13-12-37/h6-8,10,14,19,21,24,26,37H,4,9,11-13,15-18H2,1-3,5H3,(H,32,33,34)/b28-14+/t24-,26+/m0/s1. The van der Waals surface area contributed by atoms with Gasteiger partial charge in [-0.25, -0.2) is 22.8 Å². The predicted molar refractivity (Wildman–Crippen MR) is 162 cm³/mol. The number of hydrogen-bond donors (Lipinski definition) is 2. The second-order valence-corrected chi connectivity index (χ2v) is 13.4. The van der Waals surface area contributed by atoms with Crippen LogP contribution in [0.1, 0.15) is 42.9 Å². The Kier molecular flexibility index (Phi) is 9.98. The number of sulfone groups is 1. The van der Waals surface area contributed by atoms with E-state index in [0.29, 0.717) is 43.6 Å². The van der Waals surface area contributed by atoms with Crippen LogP contribution in [0.2, 0.25) is 0 Å². The quantitative estimate of drug-likeness (QED) is 0.359. The fourth-order valence-corrected chi connectivity index (χ4v) is 6.56. The Morgan fingerprint density at radius 3 is 2.68 bits per heavy atom. The van der Waals surface area contributed by atoms with E-state index in [1.54, 1.807) is 17.2 Å². The molecule has 41 heavy (non-hydrogen) atoms. The molecule has 2 aliphatic rings. The molecule has 0 unspecified atom stereocenters. The van der Waals surface area contributed by atoms with Crippen molar-refractivity contribution in [2.45, 2.75) is 45.4 Å². The molecule has 0 radical (unpaired) electrons. The minimum absolute atomic E-state index is 0.104. The Hall–Kier alpha value is -3.09. The molecular weight excluding hydrogens is 547 g/mol. The van der Waals surface area contributed by atoms with Crippen molar-refractivity contribution in [1.29, 1.82) is 0 Å². The molecule has 1 aromatic heterocycles. The minimum Gasteiger partial charge on any atom is -0.394 e. The molecule has 2 N–H and O–H groups in total. The van der Waals surface area contributed by atoms with Gasteiger partial charge >= 0.3 is 0 Å². The molecule has 224 valence electrons. The zero-order valence-corrected chi connectivity index (χ0v) is 25.1. The molecule has 0 saturated carbocycles. The van der Waals surface area contributed by atoms with Crippen molar-refractivity contribution in [1.82, 2.24) is 9.97 Å². The second kappa shape index (κ2) is 13.3. The third-order valence-electron chi connectivity index (χ3n) is 7.52. The number of aliphatic hydroxyl groups excluding tert-OH is 1. The summed E-state index contributed by atoms with van der Waals surface area (Å²) in [7, 11) is -3.00. The van der Waals surface area contributed by atoms with Crippen LogP contribution in [0.25, 0.3) is 6.08 Å². The van der Waals surface area contributed by atoms with E-state index in [0.717, 1.165) is 22.4 Å². The number of benzene rings is 1. The highest BCUT2D eigenvalue weighted by atomic mass is 32.2. The van der Waals surface area contributed by atoms with Crippen LogP contribution in [-0.4, -0.2) is 93.9 Å². The van der Waals surface area contributed by atoms with Gasteiger partial charge in [0.05, 0.1) is 31.6 Å². The second-order valence-electron chi connectivity index (χ2n) is 11.2. The number of nitrogens with one attached hydrogen (secondary N) is 1. The first kappa shape index (κ1) is 30.9. The van der Waals surface area contributed by atoms with Crippen LogP contribution in [0.4, 0.5) is 21.8 Å². The zero-order valence-electron chi connectivity index (χ0n) is 24.3. The molecule has 0 aliphatic carbocycles. The van der Waals surface area contributed by atoms with Crippen molar-refractivity contribution >= 4 is 40.1 Å². The van der Waals surface area contributed by atoms with Gasteiger partial charge in [0.2, 0.25) is 5.95 Å². The van der Waals surface area contributed by atoms with Gasteiger partial charge < -0.3 is 25.0 Å². The molecule has 1 aromatic carbocycles. The van der Waals surface area contributed by atoms with Crippen LogP contribution in [0, 0.1) is 12.8 Å². The maximum absolute atomic E-state index is 14.7. The molecule has 10 nitrogen and oxygen atoms in total. The highest BCUT2D eigenvalue weighted by molar-refractivity contribution is 7.90. The number of rotatable bonds is 12. The molecular formula is C29H41FN6O4S. The number of halogens is 1. The highest BCUT2D eigenvalue weighted by Crippen LogP contribution is 2.35. The van der Waals surface area contributed by atoms with Crippen LogP contribution >= 0.6 is 0 Å². The van der Waals surface area contributed by atoms with E-state index in [2.05, 4.69) is 64.8 Å². The SMILES string of the molecule is C=N/C(=C\c1c(C(C)C)ccc(N2CC(CS(C)(=O)=O)C2)c1C)Nc1ccnc(N2CC[C@@H](OCCO)[C@@H](F)C2)n1. The van der Waals surface area contributed by atoms with Gasteiger partial charge in [-0.1, -0.05) is 19.9 Å². The average Bonchev–Trinajstić information content (AvgIpc) is 2.90. The summed E-state index contributed by atoms with van der Waals surface area (Å²) in [6.07, 6.45) is 3.58. The number of aromatic nitrogens is 2. The van der Waals surface area contributed by atoms with Gasteiger partial charge in [0.15, 0.2) is 0 Å². The fourth-order valence-electron chi connectivity index (χ4n) is 5.49. The summed E-state index contributed by atoms with van der Waals surface area (Å²) in [4.78, 5) is 17.2. The number of ether oxygens (including phenoxy) is 1. The van der Waals surface area contributed by atoms with Gasteiger partial charge in [-0.15, -0.1) is 0 Å². The Morgan fingerprint density at radius 1 is 1.29 bits per heavy atom. The van der Waals surface area contributed by atoms with Crippen LogP contribution in [-0.2, 0) is 14.6 Å². The topological polar surface area (TPSA) is 120 Å². The van der Waals surface area contributed by atoms with Crippen LogP contribution in [0.5, 0.6) is 0 Å². The fraction of sp³-hybridized carbons (Fsp3) is 0.552. The van der Waals surface area contributed by atoms with E-state index < -0.39 is 22.1 Å². The smallest absolute Gasteiger partial charge is 0.227 e. The lowest BCUT2D eigenvalue weighted by Crippen LogP contribution is -2.49. The lowest BCUT2D eigenvalue weighted by molar-refractivity contribution is -0.0262. The first-order valence-electron chi connectivity index (χ1n) is 13.9. The Balaban J connectivity index is 1.52. The monoisotopic (exact) mass is 588 g/mol. The van der Waals surface area contributed by atoms with Gasteiger partial charge in [-0.2, -0.15) is 4.98 Å². The van der Waals surface area contributed by atoms with Gasteiger partial charge in [0, 0.05) is 43.7 Å². The Bertz CT molecular complexity index is 1360. The number of anilines is 3. The van der Waals surface area contributed by atoms with Crippen molar-refractivity contribution < 1.29 is 22.7 Å². The molecule has 0 amide bonds. The summed E-state index contributed by atoms with van der Waals surface area (Å²) < 4.78 is 43.5. The van der Waals surface area contributed by atoms with Crippen molar-refractivity contribution in [2.75, 3.05) is 66.5 Å². The molecule has 3 heterocycles. The first-order chi connectivity index (χ1) is 19.5. The van der Waals surface area contributed by atoms with Gasteiger partial charge in [-0.3, -0.25) is 0 Å². The molecule has 4 rings (SSSR count). The summed E-state index contributed by atoms with van der Waals surface area (Å²) >= 11 is 0. The number of aliphatic imine (C=N–C) groups is 1. The normalized spacial score (nSPS) is 20.3. The van der Waals surface area contributed by atoms with Crippen molar-refractivity contribution in [3.63, 3.8) is 0 Å². The molecule has 2 aromatic rings. The highest BCUT2D eigenvalue weighted by Gasteiger charge is 2.32. The van der Waals surface area contributed by atoms with E-state index in [4.69, 9.17) is 9.84 Å². The summed E-state index contributed by atoms with van der Waals surface area (Å²) in [6, 6.07) is 5.95. The van der Waals surface area contributed by atoms with Crippen molar-refractivity contribution in [3.05, 3.63) is 46.9 Å². The largest absolute Gasteiger partial charge is 0.394 e. The van der Waals surface area contributed by atoms with Crippen LogP contribution in [0.15, 0.2) is 35.2 Å². The minimum atomic E-state index is -3.00. The van der Waals surface area contributed by atoms with Crippen LogP contribution in [0.3, 0.4) is 0 Å². The molecule has 0 spiro atoms. The maximum atomic E-state index is 14.7. The van der Waals surface area contributed by atoms with E-state index in [1.807, 2.05) is 6.08 Å². The summed E-state index contributed by atoms with van der Waals surface area (Å²) in [5, 5.41) is 12.2. The number of alkyl halides is 1. The number of hydrogen-bond acceptors (Lipinski definition) is 10. The molecule has 2 atom stereocenters. The molecule has 0 bridgehead atoms. The summed E-state index contributed by atoms with van der Waals surface area (Å²) in [6.45, 7) is 12.1. The number of aliphatic hydroxyl groups is 1.